The van der Waals surface area contributed by atoms with Gasteiger partial charge in [-0.1, -0.05) is 0 Å². The Hall–Kier alpha value is -1.28. The predicted molar refractivity (Wildman–Crippen MR) is 67.7 cm³/mol. The van der Waals surface area contributed by atoms with Gasteiger partial charge in [-0.2, -0.15) is 4.31 Å². The van der Waals surface area contributed by atoms with E-state index < -0.39 is 15.8 Å². The maximum Gasteiger partial charge on any atom is 0.225 e. The summed E-state index contributed by atoms with van der Waals surface area (Å²) in [7, 11) is -3.10. The van der Waals surface area contributed by atoms with Gasteiger partial charge in [-0.3, -0.25) is 0 Å². The first kappa shape index (κ1) is 12.7. The van der Waals surface area contributed by atoms with Gasteiger partial charge < -0.3 is 4.90 Å². The van der Waals surface area contributed by atoms with Crippen molar-refractivity contribution in [2.75, 3.05) is 31.1 Å². The molecule has 1 aliphatic carbocycles. The highest BCUT2D eigenvalue weighted by atomic mass is 32.2. The van der Waals surface area contributed by atoms with E-state index in [9.17, 15) is 12.8 Å². The standard InChI is InChI=1S/C11H15FN4O2S/c12-9-7-13-11(14-8-9)15-3-5-16(6-4-15)19(17,18)10-1-2-10/h7-8,10H,1-6H2. The molecule has 2 fully saturated rings. The van der Waals surface area contributed by atoms with Crippen molar-refractivity contribution in [1.29, 1.82) is 0 Å². The molecule has 2 aliphatic rings. The summed E-state index contributed by atoms with van der Waals surface area (Å²) in [6.45, 7) is 1.97. The van der Waals surface area contributed by atoms with Gasteiger partial charge in [-0.05, 0) is 12.8 Å². The van der Waals surface area contributed by atoms with Gasteiger partial charge >= 0.3 is 0 Å². The van der Waals surface area contributed by atoms with Crippen molar-refractivity contribution in [3.05, 3.63) is 18.2 Å². The summed E-state index contributed by atoms with van der Waals surface area (Å²) < 4.78 is 38.4. The highest BCUT2D eigenvalue weighted by Gasteiger charge is 2.41. The second-order valence-corrected chi connectivity index (χ2v) is 7.04. The molecule has 1 aliphatic heterocycles. The normalized spacial score (nSPS) is 21.6. The summed E-state index contributed by atoms with van der Waals surface area (Å²) in [5.41, 5.74) is 0. The lowest BCUT2D eigenvalue weighted by Gasteiger charge is -2.33. The molecule has 2 heterocycles. The monoisotopic (exact) mass is 286 g/mol. The molecule has 1 saturated carbocycles. The summed E-state index contributed by atoms with van der Waals surface area (Å²) in [5.74, 6) is -0.0245. The number of hydrogen-bond donors (Lipinski definition) is 0. The molecule has 19 heavy (non-hydrogen) atoms. The van der Waals surface area contributed by atoms with Gasteiger partial charge in [-0.25, -0.2) is 22.8 Å². The van der Waals surface area contributed by atoms with E-state index in [2.05, 4.69) is 9.97 Å². The largest absolute Gasteiger partial charge is 0.338 e. The lowest BCUT2D eigenvalue weighted by Crippen LogP contribution is -2.50. The van der Waals surface area contributed by atoms with Crippen molar-refractivity contribution in [3.63, 3.8) is 0 Å². The number of nitrogens with zero attached hydrogens (tertiary/aromatic N) is 4. The molecule has 0 radical (unpaired) electrons. The van der Waals surface area contributed by atoms with E-state index in [4.69, 9.17) is 0 Å². The van der Waals surface area contributed by atoms with E-state index in [0.717, 1.165) is 25.2 Å². The minimum absolute atomic E-state index is 0.166. The van der Waals surface area contributed by atoms with Crippen LogP contribution in [-0.2, 0) is 10.0 Å². The van der Waals surface area contributed by atoms with E-state index in [-0.39, 0.29) is 5.25 Å². The lowest BCUT2D eigenvalue weighted by atomic mass is 10.4. The van der Waals surface area contributed by atoms with Crippen LogP contribution in [0.2, 0.25) is 0 Å². The quantitative estimate of drug-likeness (QED) is 0.796. The zero-order valence-electron chi connectivity index (χ0n) is 10.4. The van der Waals surface area contributed by atoms with Crippen LogP contribution in [0.5, 0.6) is 0 Å². The molecule has 0 unspecified atom stereocenters. The summed E-state index contributed by atoms with van der Waals surface area (Å²) in [6, 6.07) is 0. The highest BCUT2D eigenvalue weighted by molar-refractivity contribution is 7.90. The van der Waals surface area contributed by atoms with Gasteiger partial charge in [0.1, 0.15) is 0 Å². The Morgan fingerprint density at radius 2 is 1.68 bits per heavy atom. The topological polar surface area (TPSA) is 66.4 Å². The van der Waals surface area contributed by atoms with Crippen LogP contribution < -0.4 is 4.90 Å². The zero-order chi connectivity index (χ0) is 13.5. The number of rotatable bonds is 3. The van der Waals surface area contributed by atoms with Gasteiger partial charge in [-0.15, -0.1) is 0 Å². The second kappa shape index (κ2) is 4.68. The van der Waals surface area contributed by atoms with Crippen molar-refractivity contribution in [1.82, 2.24) is 14.3 Å². The fourth-order valence-corrected chi connectivity index (χ4v) is 4.01. The number of aromatic nitrogens is 2. The van der Waals surface area contributed by atoms with E-state index in [0.29, 0.717) is 32.1 Å². The van der Waals surface area contributed by atoms with Crippen LogP contribution in [0.4, 0.5) is 10.3 Å². The molecule has 1 saturated heterocycles. The van der Waals surface area contributed by atoms with Crippen molar-refractivity contribution < 1.29 is 12.8 Å². The molecule has 8 heteroatoms. The smallest absolute Gasteiger partial charge is 0.225 e. The Kier molecular flexibility index (Phi) is 3.14. The van der Waals surface area contributed by atoms with Crippen LogP contribution in [-0.4, -0.2) is 54.1 Å². The maximum absolute atomic E-state index is 12.7. The molecule has 0 spiro atoms. The predicted octanol–water partition coefficient (Wildman–Crippen LogP) is 0.230. The number of piperazine rings is 1. The molecular formula is C11H15FN4O2S. The Morgan fingerprint density at radius 3 is 2.21 bits per heavy atom. The first-order chi connectivity index (χ1) is 9.07. The third-order valence-electron chi connectivity index (χ3n) is 3.43. The first-order valence-corrected chi connectivity index (χ1v) is 7.79. The molecule has 3 rings (SSSR count). The maximum atomic E-state index is 12.7. The molecule has 1 aromatic rings. The Morgan fingerprint density at radius 1 is 1.11 bits per heavy atom. The van der Waals surface area contributed by atoms with Crippen LogP contribution in [0.1, 0.15) is 12.8 Å². The van der Waals surface area contributed by atoms with E-state index in [1.54, 1.807) is 4.31 Å². The number of halogens is 1. The first-order valence-electron chi connectivity index (χ1n) is 6.29. The highest BCUT2D eigenvalue weighted by Crippen LogP contribution is 2.31. The summed E-state index contributed by atoms with van der Waals surface area (Å²) in [6.07, 6.45) is 3.80. The van der Waals surface area contributed by atoms with Gasteiger partial charge in [0.25, 0.3) is 0 Å². The average Bonchev–Trinajstić information content (AvgIpc) is 3.24. The fraction of sp³-hybridized carbons (Fsp3) is 0.636. The minimum atomic E-state index is -3.10. The third kappa shape index (κ3) is 2.55. The average molecular weight is 286 g/mol. The Bertz CT molecular complexity index is 551. The number of hydrogen-bond acceptors (Lipinski definition) is 5. The van der Waals surface area contributed by atoms with Crippen molar-refractivity contribution in [3.8, 4) is 0 Å². The van der Waals surface area contributed by atoms with Gasteiger partial charge in [0.15, 0.2) is 5.82 Å². The SMILES string of the molecule is O=S(=O)(C1CC1)N1CCN(c2ncc(F)cn2)CC1. The number of anilines is 1. The Balaban J connectivity index is 1.64. The van der Waals surface area contributed by atoms with Crippen LogP contribution >= 0.6 is 0 Å². The summed E-state index contributed by atoms with van der Waals surface area (Å²) in [5, 5.41) is -0.166. The van der Waals surface area contributed by atoms with E-state index >= 15 is 0 Å². The molecule has 1 aromatic heterocycles. The van der Waals surface area contributed by atoms with Crippen molar-refractivity contribution in [2.45, 2.75) is 18.1 Å². The van der Waals surface area contributed by atoms with Crippen molar-refractivity contribution >= 4 is 16.0 Å². The second-order valence-electron chi connectivity index (χ2n) is 4.83. The van der Waals surface area contributed by atoms with Crippen LogP contribution in [0, 0.1) is 5.82 Å². The summed E-state index contributed by atoms with van der Waals surface area (Å²) in [4.78, 5) is 9.69. The van der Waals surface area contributed by atoms with Crippen LogP contribution in [0.25, 0.3) is 0 Å². The van der Waals surface area contributed by atoms with Gasteiger partial charge in [0.2, 0.25) is 16.0 Å². The molecule has 0 bridgehead atoms. The van der Waals surface area contributed by atoms with Crippen LogP contribution in [0.3, 0.4) is 0 Å². The third-order valence-corrected chi connectivity index (χ3v) is 5.83. The van der Waals surface area contributed by atoms with Gasteiger partial charge in [0, 0.05) is 26.2 Å². The number of sulfonamides is 1. The van der Waals surface area contributed by atoms with E-state index in [1.165, 1.54) is 0 Å². The van der Waals surface area contributed by atoms with E-state index in [1.807, 2.05) is 4.90 Å². The fourth-order valence-electron chi connectivity index (χ4n) is 2.19. The molecule has 6 nitrogen and oxygen atoms in total. The van der Waals surface area contributed by atoms with Crippen molar-refractivity contribution in [2.24, 2.45) is 0 Å². The Labute approximate surface area is 111 Å². The van der Waals surface area contributed by atoms with Crippen LogP contribution in [0.15, 0.2) is 12.4 Å². The molecule has 104 valence electrons. The molecule has 0 aromatic carbocycles. The molecule has 0 N–H and O–H groups in total. The minimum Gasteiger partial charge on any atom is -0.338 e. The molecule has 0 atom stereocenters. The van der Waals surface area contributed by atoms with Gasteiger partial charge in [0.05, 0.1) is 17.6 Å². The zero-order valence-corrected chi connectivity index (χ0v) is 11.2. The molecule has 0 amide bonds. The summed E-state index contributed by atoms with van der Waals surface area (Å²) >= 11 is 0. The molecular weight excluding hydrogens is 271 g/mol. The lowest BCUT2D eigenvalue weighted by molar-refractivity contribution is 0.381.